The van der Waals surface area contributed by atoms with Crippen molar-refractivity contribution in [2.24, 2.45) is 5.92 Å². The van der Waals surface area contributed by atoms with E-state index in [0.717, 1.165) is 55.8 Å². The molecule has 2 fully saturated rings. The van der Waals surface area contributed by atoms with E-state index in [9.17, 15) is 4.79 Å². The van der Waals surface area contributed by atoms with E-state index >= 15 is 0 Å². The van der Waals surface area contributed by atoms with E-state index < -0.39 is 0 Å². The maximum Gasteiger partial charge on any atom is 0.223 e. The Morgan fingerprint density at radius 3 is 2.68 bits per heavy atom. The van der Waals surface area contributed by atoms with Crippen LogP contribution in [-0.2, 0) is 4.79 Å². The van der Waals surface area contributed by atoms with Gasteiger partial charge in [0.2, 0.25) is 11.9 Å². The minimum Gasteiger partial charge on any atom is -0.353 e. The minimum absolute atomic E-state index is 0.136. The lowest BCUT2D eigenvalue weighted by molar-refractivity contribution is -0.126. The molecule has 0 bridgehead atoms. The number of carbonyl (C=O) groups excluding carboxylic acids is 1. The number of amides is 1. The van der Waals surface area contributed by atoms with Crippen molar-refractivity contribution in [3.8, 4) is 0 Å². The Bertz CT molecular complexity index is 745. The number of piperidine rings is 1. The normalized spacial score (nSPS) is 20.1. The van der Waals surface area contributed by atoms with Gasteiger partial charge in [0.25, 0.3) is 0 Å². The first-order valence-corrected chi connectivity index (χ1v) is 9.77. The zero-order valence-electron chi connectivity index (χ0n) is 14.4. The third kappa shape index (κ3) is 3.76. The summed E-state index contributed by atoms with van der Waals surface area (Å²) in [4.78, 5) is 22.8. The summed E-state index contributed by atoms with van der Waals surface area (Å²) >= 11 is 6.04. The predicted molar refractivity (Wildman–Crippen MR) is 101 cm³/mol. The highest BCUT2D eigenvalue weighted by molar-refractivity contribution is 6.31. The zero-order chi connectivity index (χ0) is 17.2. The van der Waals surface area contributed by atoms with Gasteiger partial charge in [0.1, 0.15) is 0 Å². The molecule has 0 spiro atoms. The van der Waals surface area contributed by atoms with Crippen LogP contribution in [0.5, 0.6) is 0 Å². The molecule has 1 aromatic carbocycles. The highest BCUT2D eigenvalue weighted by atomic mass is 35.5. The van der Waals surface area contributed by atoms with Crippen molar-refractivity contribution in [1.29, 1.82) is 0 Å². The van der Waals surface area contributed by atoms with Crippen LogP contribution < -0.4 is 10.2 Å². The summed E-state index contributed by atoms with van der Waals surface area (Å²) in [7, 11) is 0. The van der Waals surface area contributed by atoms with Crippen LogP contribution in [-0.4, -0.2) is 35.0 Å². The molecule has 2 N–H and O–H groups in total. The van der Waals surface area contributed by atoms with Gasteiger partial charge in [0.15, 0.2) is 0 Å². The molecule has 1 saturated carbocycles. The number of anilines is 1. The van der Waals surface area contributed by atoms with Crippen molar-refractivity contribution in [1.82, 2.24) is 15.3 Å². The summed E-state index contributed by atoms with van der Waals surface area (Å²) in [5, 5.41) is 3.98. The van der Waals surface area contributed by atoms with Crippen molar-refractivity contribution in [3.63, 3.8) is 0 Å². The molecule has 4 rings (SSSR count). The number of aromatic nitrogens is 2. The molecule has 25 heavy (non-hydrogen) atoms. The molecule has 1 amide bonds. The SMILES string of the molecule is O=C(NC1CCCCC1)C1CCN(c2nc3ccc(Cl)cc3[nH]2)CC1. The van der Waals surface area contributed by atoms with Gasteiger partial charge in [-0.2, -0.15) is 0 Å². The molecule has 2 aromatic rings. The molecule has 2 aliphatic rings. The number of H-pyrrole nitrogens is 1. The van der Waals surface area contributed by atoms with Crippen LogP contribution in [0.1, 0.15) is 44.9 Å². The Morgan fingerprint density at radius 2 is 1.92 bits per heavy atom. The molecule has 2 heterocycles. The Kier molecular flexibility index (Phi) is 4.84. The maximum absolute atomic E-state index is 12.5. The molecular formula is C19H25ClN4O. The van der Waals surface area contributed by atoms with E-state index in [4.69, 9.17) is 11.6 Å². The first-order chi connectivity index (χ1) is 12.2. The number of hydrogen-bond donors (Lipinski definition) is 2. The lowest BCUT2D eigenvalue weighted by Gasteiger charge is -2.32. The highest BCUT2D eigenvalue weighted by Gasteiger charge is 2.28. The molecule has 0 unspecified atom stereocenters. The third-order valence-electron chi connectivity index (χ3n) is 5.55. The first kappa shape index (κ1) is 16.7. The Hall–Kier alpha value is -1.75. The smallest absolute Gasteiger partial charge is 0.223 e. The second-order valence-electron chi connectivity index (χ2n) is 7.33. The summed E-state index contributed by atoms with van der Waals surface area (Å²) in [6, 6.07) is 6.09. The summed E-state index contributed by atoms with van der Waals surface area (Å²) in [6.45, 7) is 1.71. The van der Waals surface area contributed by atoms with Crippen molar-refractivity contribution < 1.29 is 4.79 Å². The molecule has 1 aromatic heterocycles. The number of benzene rings is 1. The predicted octanol–water partition coefficient (Wildman–Crippen LogP) is 3.88. The monoisotopic (exact) mass is 360 g/mol. The highest BCUT2D eigenvalue weighted by Crippen LogP contribution is 2.26. The molecule has 1 saturated heterocycles. The van der Waals surface area contributed by atoms with Crippen LogP contribution in [0.2, 0.25) is 5.02 Å². The van der Waals surface area contributed by atoms with Crippen molar-refractivity contribution >= 4 is 34.5 Å². The van der Waals surface area contributed by atoms with Crippen LogP contribution in [0, 0.1) is 5.92 Å². The summed E-state index contributed by atoms with van der Waals surface area (Å²) < 4.78 is 0. The van der Waals surface area contributed by atoms with E-state index in [0.29, 0.717) is 11.1 Å². The lowest BCUT2D eigenvalue weighted by Crippen LogP contribution is -2.44. The number of nitrogens with one attached hydrogen (secondary N) is 2. The zero-order valence-corrected chi connectivity index (χ0v) is 15.2. The van der Waals surface area contributed by atoms with Gasteiger partial charge in [-0.05, 0) is 43.9 Å². The number of nitrogens with zero attached hydrogens (tertiary/aromatic N) is 2. The molecule has 0 atom stereocenters. The second kappa shape index (κ2) is 7.24. The van der Waals surface area contributed by atoms with Crippen molar-refractivity contribution in [2.45, 2.75) is 51.0 Å². The summed E-state index contributed by atoms with van der Waals surface area (Å²) in [6.07, 6.45) is 7.87. The van der Waals surface area contributed by atoms with E-state index in [2.05, 4.69) is 20.2 Å². The second-order valence-corrected chi connectivity index (χ2v) is 7.76. The van der Waals surface area contributed by atoms with E-state index in [1.165, 1.54) is 19.3 Å². The quantitative estimate of drug-likeness (QED) is 0.873. The van der Waals surface area contributed by atoms with Gasteiger partial charge in [-0.15, -0.1) is 0 Å². The standard InChI is InChI=1S/C19H25ClN4O/c20-14-6-7-16-17(12-14)23-19(22-16)24-10-8-13(9-11-24)18(25)21-15-4-2-1-3-5-15/h6-7,12-13,15H,1-5,8-11H2,(H,21,25)(H,22,23). The van der Waals surface area contributed by atoms with E-state index in [-0.39, 0.29) is 11.8 Å². The van der Waals surface area contributed by atoms with Gasteiger partial charge < -0.3 is 15.2 Å². The van der Waals surface area contributed by atoms with Crippen LogP contribution in [0.4, 0.5) is 5.95 Å². The average molecular weight is 361 g/mol. The summed E-state index contributed by atoms with van der Waals surface area (Å²) in [5.74, 6) is 1.27. The third-order valence-corrected chi connectivity index (χ3v) is 5.78. The van der Waals surface area contributed by atoms with Gasteiger partial charge in [0.05, 0.1) is 11.0 Å². The van der Waals surface area contributed by atoms with Crippen LogP contribution in [0.25, 0.3) is 11.0 Å². The van der Waals surface area contributed by atoms with Crippen molar-refractivity contribution in [3.05, 3.63) is 23.2 Å². The van der Waals surface area contributed by atoms with Gasteiger partial charge in [0, 0.05) is 30.1 Å². The number of fused-ring (bicyclic) bond motifs is 1. The fraction of sp³-hybridized carbons (Fsp3) is 0.579. The first-order valence-electron chi connectivity index (χ1n) is 9.39. The number of aromatic amines is 1. The number of carbonyl (C=O) groups is 1. The number of hydrogen-bond acceptors (Lipinski definition) is 3. The maximum atomic E-state index is 12.5. The molecule has 5 nitrogen and oxygen atoms in total. The molecule has 6 heteroatoms. The van der Waals surface area contributed by atoms with Crippen LogP contribution >= 0.6 is 11.6 Å². The van der Waals surface area contributed by atoms with Crippen LogP contribution in [0.15, 0.2) is 18.2 Å². The molecular weight excluding hydrogens is 336 g/mol. The Balaban J connectivity index is 1.34. The topological polar surface area (TPSA) is 61.0 Å². The van der Waals surface area contributed by atoms with Gasteiger partial charge in [-0.3, -0.25) is 4.79 Å². The van der Waals surface area contributed by atoms with Gasteiger partial charge in [-0.1, -0.05) is 30.9 Å². The fourth-order valence-electron chi connectivity index (χ4n) is 4.04. The molecule has 134 valence electrons. The lowest BCUT2D eigenvalue weighted by atomic mass is 9.92. The van der Waals surface area contributed by atoms with Crippen molar-refractivity contribution in [2.75, 3.05) is 18.0 Å². The summed E-state index contributed by atoms with van der Waals surface area (Å²) in [5.41, 5.74) is 1.89. The number of rotatable bonds is 3. The van der Waals surface area contributed by atoms with Gasteiger partial charge >= 0.3 is 0 Å². The molecule has 1 aliphatic heterocycles. The van der Waals surface area contributed by atoms with E-state index in [1.807, 2.05) is 18.2 Å². The molecule has 0 radical (unpaired) electrons. The fourth-order valence-corrected chi connectivity index (χ4v) is 4.21. The number of imidazole rings is 1. The molecule has 1 aliphatic carbocycles. The Morgan fingerprint density at radius 1 is 1.16 bits per heavy atom. The largest absolute Gasteiger partial charge is 0.353 e. The Labute approximate surface area is 153 Å². The van der Waals surface area contributed by atoms with Crippen LogP contribution in [0.3, 0.4) is 0 Å². The van der Waals surface area contributed by atoms with Gasteiger partial charge in [-0.25, -0.2) is 4.98 Å². The minimum atomic E-state index is 0.136. The number of halogens is 1. The average Bonchev–Trinajstić information content (AvgIpc) is 3.06. The van der Waals surface area contributed by atoms with E-state index in [1.54, 1.807) is 0 Å².